The number of hydrogen-bond acceptors (Lipinski definition) is 7. The number of halogens is 1. The molecule has 1 fully saturated rings. The summed E-state index contributed by atoms with van der Waals surface area (Å²) >= 11 is 3.40. The van der Waals surface area contributed by atoms with Crippen LogP contribution in [-0.2, 0) is 25.5 Å². The summed E-state index contributed by atoms with van der Waals surface area (Å²) < 4.78 is 16.2. The highest BCUT2D eigenvalue weighted by Gasteiger charge is 2.35. The van der Waals surface area contributed by atoms with E-state index in [0.29, 0.717) is 21.5 Å². The number of hydrogen-bond donors (Lipinski definition) is 2. The predicted molar refractivity (Wildman–Crippen MR) is 135 cm³/mol. The maximum absolute atomic E-state index is 12.9. The normalized spacial score (nSPS) is 14.0. The molecule has 1 saturated heterocycles. The summed E-state index contributed by atoms with van der Waals surface area (Å²) in [5.41, 5.74) is 2.07. The van der Waals surface area contributed by atoms with Gasteiger partial charge in [-0.05, 0) is 48.7 Å². The number of carbonyl (C=O) groups is 4. The Bertz CT molecular complexity index is 1210. The van der Waals surface area contributed by atoms with E-state index in [-0.39, 0.29) is 24.7 Å². The van der Waals surface area contributed by atoms with Crippen molar-refractivity contribution in [3.63, 3.8) is 0 Å². The van der Waals surface area contributed by atoms with Gasteiger partial charge in [0.05, 0.1) is 13.7 Å². The second-order valence-corrected chi connectivity index (χ2v) is 8.41. The van der Waals surface area contributed by atoms with Crippen LogP contribution in [0.1, 0.15) is 25.0 Å². The van der Waals surface area contributed by atoms with Gasteiger partial charge in [-0.3, -0.25) is 9.59 Å². The molecule has 1 heterocycles. The van der Waals surface area contributed by atoms with Crippen LogP contribution in [0.5, 0.6) is 11.5 Å². The molecule has 0 radical (unpaired) electrons. The predicted octanol–water partition coefficient (Wildman–Crippen LogP) is 3.49. The molecule has 0 atom stereocenters. The number of ether oxygens (including phenoxy) is 3. The van der Waals surface area contributed by atoms with Crippen LogP contribution in [-0.4, -0.2) is 55.6 Å². The first-order valence-electron chi connectivity index (χ1n) is 11.2. The number of esters is 1. The van der Waals surface area contributed by atoms with Crippen molar-refractivity contribution in [2.45, 2.75) is 20.3 Å². The van der Waals surface area contributed by atoms with Crippen molar-refractivity contribution in [3.8, 4) is 11.5 Å². The van der Waals surface area contributed by atoms with Crippen LogP contribution in [0.2, 0.25) is 0 Å². The standard InChI is InChI=1S/C25H26BrN3O7/c1-4-15-8-6-7-9-18(15)27-22(30)13-29-24(32)19(28-25(29)33)10-16-11-20(34-3)21(12-17(16)26)36-14-23(31)35-5-2/h6-12H,4-5,13-14H2,1-3H3,(H,27,30)(H,28,33)/b19-10+. The molecule has 2 N–H and O–H groups in total. The largest absolute Gasteiger partial charge is 0.493 e. The van der Waals surface area contributed by atoms with Gasteiger partial charge >= 0.3 is 12.0 Å². The zero-order valence-electron chi connectivity index (χ0n) is 20.1. The molecule has 1 aliphatic rings. The number of para-hydroxylation sites is 1. The number of benzene rings is 2. The molecular weight excluding hydrogens is 534 g/mol. The monoisotopic (exact) mass is 559 g/mol. The highest BCUT2D eigenvalue weighted by atomic mass is 79.9. The molecule has 190 valence electrons. The molecule has 0 bridgehead atoms. The maximum atomic E-state index is 12.9. The van der Waals surface area contributed by atoms with Crippen molar-refractivity contribution in [1.29, 1.82) is 0 Å². The van der Waals surface area contributed by atoms with E-state index in [1.807, 2.05) is 19.1 Å². The first kappa shape index (κ1) is 26.7. The molecule has 2 aromatic carbocycles. The second kappa shape index (κ2) is 12.2. The molecule has 3 rings (SSSR count). The number of nitrogens with zero attached hydrogens (tertiary/aromatic N) is 1. The van der Waals surface area contributed by atoms with Crippen molar-refractivity contribution in [1.82, 2.24) is 10.2 Å². The number of aryl methyl sites for hydroxylation is 1. The summed E-state index contributed by atoms with van der Waals surface area (Å²) in [6.07, 6.45) is 2.17. The summed E-state index contributed by atoms with van der Waals surface area (Å²) in [6, 6.07) is 9.76. The van der Waals surface area contributed by atoms with Gasteiger partial charge in [0, 0.05) is 10.2 Å². The number of rotatable bonds is 10. The number of methoxy groups -OCH3 is 1. The molecule has 0 saturated carbocycles. The Labute approximate surface area is 216 Å². The Kier molecular flexibility index (Phi) is 9.07. The molecule has 0 aromatic heterocycles. The summed E-state index contributed by atoms with van der Waals surface area (Å²) in [4.78, 5) is 50.3. The fourth-order valence-electron chi connectivity index (χ4n) is 3.43. The van der Waals surface area contributed by atoms with Gasteiger partial charge in [-0.2, -0.15) is 0 Å². The molecule has 0 spiro atoms. The number of amides is 4. The van der Waals surface area contributed by atoms with E-state index in [0.717, 1.165) is 16.9 Å². The zero-order valence-corrected chi connectivity index (χ0v) is 21.6. The lowest BCUT2D eigenvalue weighted by atomic mass is 10.1. The van der Waals surface area contributed by atoms with Gasteiger partial charge in [0.2, 0.25) is 5.91 Å². The second-order valence-electron chi connectivity index (χ2n) is 7.56. The number of anilines is 1. The van der Waals surface area contributed by atoms with Crippen molar-refractivity contribution in [2.24, 2.45) is 0 Å². The van der Waals surface area contributed by atoms with Crippen molar-refractivity contribution >= 4 is 51.5 Å². The fourth-order valence-corrected chi connectivity index (χ4v) is 3.86. The molecule has 11 heteroatoms. The van der Waals surface area contributed by atoms with E-state index in [4.69, 9.17) is 14.2 Å². The summed E-state index contributed by atoms with van der Waals surface area (Å²) in [5, 5.41) is 5.24. The van der Waals surface area contributed by atoms with Crippen molar-refractivity contribution in [2.75, 3.05) is 32.2 Å². The van der Waals surface area contributed by atoms with E-state index < -0.39 is 30.4 Å². The van der Waals surface area contributed by atoms with Gasteiger partial charge in [-0.1, -0.05) is 41.1 Å². The zero-order chi connectivity index (χ0) is 26.2. The fraction of sp³-hybridized carbons (Fsp3) is 0.280. The van der Waals surface area contributed by atoms with Gasteiger partial charge in [0.25, 0.3) is 5.91 Å². The summed E-state index contributed by atoms with van der Waals surface area (Å²) in [5.74, 6) is -1.08. The minimum Gasteiger partial charge on any atom is -0.493 e. The van der Waals surface area contributed by atoms with E-state index >= 15 is 0 Å². The Morgan fingerprint density at radius 3 is 2.58 bits per heavy atom. The lowest BCUT2D eigenvalue weighted by molar-refractivity contribution is -0.145. The first-order chi connectivity index (χ1) is 17.3. The quantitative estimate of drug-likeness (QED) is 0.259. The van der Waals surface area contributed by atoms with E-state index in [1.165, 1.54) is 13.2 Å². The average molecular weight is 560 g/mol. The molecule has 4 amide bonds. The minimum atomic E-state index is -0.706. The van der Waals surface area contributed by atoms with Crippen molar-refractivity contribution < 1.29 is 33.4 Å². The number of carbonyl (C=O) groups excluding carboxylic acids is 4. The van der Waals surface area contributed by atoms with Crippen LogP contribution in [0.3, 0.4) is 0 Å². The van der Waals surface area contributed by atoms with E-state index in [1.54, 1.807) is 31.2 Å². The van der Waals surface area contributed by atoms with E-state index in [9.17, 15) is 19.2 Å². The third-order valence-electron chi connectivity index (χ3n) is 5.17. The van der Waals surface area contributed by atoms with Gasteiger partial charge in [-0.25, -0.2) is 14.5 Å². The molecule has 0 aliphatic carbocycles. The van der Waals surface area contributed by atoms with Crippen LogP contribution in [0.15, 0.2) is 46.6 Å². The third kappa shape index (κ3) is 6.42. The van der Waals surface area contributed by atoms with Gasteiger partial charge in [0.15, 0.2) is 18.1 Å². The molecule has 10 nitrogen and oxygen atoms in total. The molecule has 0 unspecified atom stereocenters. The smallest absolute Gasteiger partial charge is 0.344 e. The Balaban J connectivity index is 1.74. The molecular formula is C25H26BrN3O7. The highest BCUT2D eigenvalue weighted by Crippen LogP contribution is 2.35. The number of urea groups is 1. The van der Waals surface area contributed by atoms with Gasteiger partial charge in [-0.15, -0.1) is 0 Å². The van der Waals surface area contributed by atoms with Crippen LogP contribution < -0.4 is 20.1 Å². The van der Waals surface area contributed by atoms with Crippen LogP contribution in [0.25, 0.3) is 6.08 Å². The topological polar surface area (TPSA) is 123 Å². The lowest BCUT2D eigenvalue weighted by Crippen LogP contribution is -2.38. The molecule has 1 aliphatic heterocycles. The Morgan fingerprint density at radius 2 is 1.89 bits per heavy atom. The summed E-state index contributed by atoms with van der Waals surface area (Å²) in [6.45, 7) is 3.15. The van der Waals surface area contributed by atoms with Crippen LogP contribution >= 0.6 is 15.9 Å². The van der Waals surface area contributed by atoms with Gasteiger partial charge in [0.1, 0.15) is 12.2 Å². The Morgan fingerprint density at radius 1 is 1.14 bits per heavy atom. The van der Waals surface area contributed by atoms with Crippen LogP contribution in [0, 0.1) is 0 Å². The Hall–Kier alpha value is -3.86. The van der Waals surface area contributed by atoms with Gasteiger partial charge < -0.3 is 24.8 Å². The van der Waals surface area contributed by atoms with E-state index in [2.05, 4.69) is 26.6 Å². The minimum absolute atomic E-state index is 0.00953. The molecule has 2 aromatic rings. The maximum Gasteiger partial charge on any atom is 0.344 e. The number of nitrogens with one attached hydrogen (secondary N) is 2. The highest BCUT2D eigenvalue weighted by molar-refractivity contribution is 9.10. The first-order valence-corrected chi connectivity index (χ1v) is 11.9. The third-order valence-corrected chi connectivity index (χ3v) is 5.86. The SMILES string of the molecule is CCOC(=O)COc1cc(Br)c(/C=C2/NC(=O)N(CC(=O)Nc3ccccc3CC)C2=O)cc1OC. The van der Waals surface area contributed by atoms with Crippen LogP contribution in [0.4, 0.5) is 10.5 Å². The summed E-state index contributed by atoms with van der Waals surface area (Å²) in [7, 11) is 1.43. The molecule has 36 heavy (non-hydrogen) atoms. The lowest BCUT2D eigenvalue weighted by Gasteiger charge is -2.14. The average Bonchev–Trinajstić information content (AvgIpc) is 3.11. The van der Waals surface area contributed by atoms with Crippen molar-refractivity contribution in [3.05, 3.63) is 57.7 Å². The number of imide groups is 1.